The molecule has 2 N–H and O–H groups in total. The Balaban J connectivity index is 1.36. The van der Waals surface area contributed by atoms with Crippen LogP contribution in [-0.4, -0.2) is 29.7 Å². The average molecular weight is 394 g/mol. The van der Waals surface area contributed by atoms with Gasteiger partial charge in [-0.2, -0.15) is 0 Å². The molecule has 1 heterocycles. The number of nitrogens with zero attached hydrogens (tertiary/aromatic N) is 1. The molecule has 2 aromatic carbocycles. The van der Waals surface area contributed by atoms with Gasteiger partial charge >= 0.3 is 5.97 Å². The van der Waals surface area contributed by atoms with Crippen molar-refractivity contribution in [3.05, 3.63) is 54.1 Å². The number of carbonyl (C=O) groups is 1. The number of oxazole rings is 1. The summed E-state index contributed by atoms with van der Waals surface area (Å²) in [6, 6.07) is 15.8. The summed E-state index contributed by atoms with van der Waals surface area (Å²) in [6.45, 7) is 2.35. The van der Waals surface area contributed by atoms with E-state index in [1.165, 1.54) is 6.92 Å². The summed E-state index contributed by atoms with van der Waals surface area (Å²) >= 11 is 0. The second kappa shape index (κ2) is 8.76. The quantitative estimate of drug-likeness (QED) is 0.608. The molecule has 4 rings (SSSR count). The van der Waals surface area contributed by atoms with Crippen molar-refractivity contribution in [3.8, 4) is 11.5 Å². The number of esters is 1. The van der Waals surface area contributed by atoms with Crippen molar-refractivity contribution in [1.82, 2.24) is 4.98 Å². The van der Waals surface area contributed by atoms with E-state index in [0.717, 1.165) is 41.5 Å². The van der Waals surface area contributed by atoms with Crippen LogP contribution in [0.1, 0.15) is 31.7 Å². The van der Waals surface area contributed by atoms with E-state index in [1.54, 1.807) is 0 Å². The van der Waals surface area contributed by atoms with Crippen LogP contribution in [0.25, 0.3) is 22.6 Å². The first kappa shape index (κ1) is 19.6. The third kappa shape index (κ3) is 4.66. The summed E-state index contributed by atoms with van der Waals surface area (Å²) in [4.78, 5) is 15.5. The van der Waals surface area contributed by atoms with Gasteiger partial charge in [0.05, 0.1) is 19.3 Å². The zero-order valence-electron chi connectivity index (χ0n) is 16.5. The van der Waals surface area contributed by atoms with E-state index < -0.39 is 0 Å². The SMILES string of the molecule is CC(=O)OCC[C@@H]1CC[C@@H](N)[C@H]1OCc1ccc(-c2nc3ccccc3o2)cc1. The molecule has 1 aliphatic rings. The van der Waals surface area contributed by atoms with Crippen molar-refractivity contribution in [2.75, 3.05) is 6.61 Å². The van der Waals surface area contributed by atoms with Gasteiger partial charge in [0.15, 0.2) is 5.58 Å². The molecule has 0 saturated heterocycles. The Labute approximate surface area is 170 Å². The van der Waals surface area contributed by atoms with Crippen molar-refractivity contribution < 1.29 is 18.7 Å². The number of rotatable bonds is 7. The maximum absolute atomic E-state index is 11.0. The fourth-order valence-electron chi connectivity index (χ4n) is 3.94. The van der Waals surface area contributed by atoms with E-state index in [9.17, 15) is 4.79 Å². The van der Waals surface area contributed by atoms with Crippen LogP contribution in [0.2, 0.25) is 0 Å². The molecule has 0 unspecified atom stereocenters. The number of benzene rings is 2. The molecule has 0 radical (unpaired) electrons. The zero-order valence-corrected chi connectivity index (χ0v) is 16.5. The molecule has 152 valence electrons. The predicted molar refractivity (Wildman–Crippen MR) is 110 cm³/mol. The largest absolute Gasteiger partial charge is 0.466 e. The normalized spacial score (nSPS) is 21.5. The van der Waals surface area contributed by atoms with Gasteiger partial charge in [0, 0.05) is 18.5 Å². The molecule has 0 amide bonds. The fraction of sp³-hybridized carbons (Fsp3) is 0.391. The van der Waals surface area contributed by atoms with Crippen LogP contribution in [0, 0.1) is 5.92 Å². The van der Waals surface area contributed by atoms with Crippen LogP contribution in [-0.2, 0) is 20.9 Å². The number of ether oxygens (including phenoxy) is 2. The Morgan fingerprint density at radius 3 is 2.72 bits per heavy atom. The first-order valence-electron chi connectivity index (χ1n) is 10.1. The first-order chi connectivity index (χ1) is 14.1. The van der Waals surface area contributed by atoms with Gasteiger partial charge < -0.3 is 19.6 Å². The highest BCUT2D eigenvalue weighted by atomic mass is 16.5. The van der Waals surface area contributed by atoms with E-state index in [1.807, 2.05) is 48.5 Å². The molecular weight excluding hydrogens is 368 g/mol. The maximum Gasteiger partial charge on any atom is 0.302 e. The van der Waals surface area contributed by atoms with Crippen molar-refractivity contribution in [3.63, 3.8) is 0 Å². The molecule has 1 aromatic heterocycles. The van der Waals surface area contributed by atoms with E-state index >= 15 is 0 Å². The summed E-state index contributed by atoms with van der Waals surface area (Å²) < 4.78 is 17.1. The van der Waals surface area contributed by atoms with Crippen LogP contribution >= 0.6 is 0 Å². The minimum Gasteiger partial charge on any atom is -0.466 e. The highest BCUT2D eigenvalue weighted by Gasteiger charge is 2.34. The summed E-state index contributed by atoms with van der Waals surface area (Å²) in [5, 5.41) is 0. The van der Waals surface area contributed by atoms with Crippen molar-refractivity contribution in [2.24, 2.45) is 11.7 Å². The second-order valence-corrected chi connectivity index (χ2v) is 7.59. The third-order valence-electron chi connectivity index (χ3n) is 5.49. The van der Waals surface area contributed by atoms with E-state index in [0.29, 0.717) is 25.0 Å². The average Bonchev–Trinajstić information content (AvgIpc) is 3.30. The first-order valence-corrected chi connectivity index (χ1v) is 10.1. The molecule has 6 heteroatoms. The Morgan fingerprint density at radius 2 is 1.97 bits per heavy atom. The highest BCUT2D eigenvalue weighted by molar-refractivity contribution is 5.75. The Kier molecular flexibility index (Phi) is 5.92. The molecule has 6 nitrogen and oxygen atoms in total. The molecule has 0 spiro atoms. The number of para-hydroxylation sites is 2. The smallest absolute Gasteiger partial charge is 0.302 e. The van der Waals surface area contributed by atoms with Gasteiger partial charge in [0.1, 0.15) is 5.52 Å². The third-order valence-corrected chi connectivity index (χ3v) is 5.49. The monoisotopic (exact) mass is 394 g/mol. The minimum absolute atomic E-state index is 0.0118. The summed E-state index contributed by atoms with van der Waals surface area (Å²) in [6.07, 6.45) is 2.71. The fourth-order valence-corrected chi connectivity index (χ4v) is 3.94. The molecule has 3 aromatic rings. The molecule has 29 heavy (non-hydrogen) atoms. The summed E-state index contributed by atoms with van der Waals surface area (Å²) in [5.74, 6) is 0.689. The van der Waals surface area contributed by atoms with Crippen molar-refractivity contribution >= 4 is 17.1 Å². The molecule has 0 aliphatic heterocycles. The van der Waals surface area contributed by atoms with Gasteiger partial charge in [0.25, 0.3) is 0 Å². The minimum atomic E-state index is -0.246. The zero-order chi connectivity index (χ0) is 20.2. The molecule has 3 atom stereocenters. The van der Waals surface area contributed by atoms with Crippen LogP contribution in [0.5, 0.6) is 0 Å². The van der Waals surface area contributed by atoms with Crippen molar-refractivity contribution in [2.45, 2.75) is 44.9 Å². The van der Waals surface area contributed by atoms with Gasteiger partial charge in [-0.25, -0.2) is 4.98 Å². The second-order valence-electron chi connectivity index (χ2n) is 7.59. The van der Waals surface area contributed by atoms with Gasteiger partial charge in [-0.05, 0) is 55.0 Å². The van der Waals surface area contributed by atoms with Crippen molar-refractivity contribution in [1.29, 1.82) is 0 Å². The molecule has 1 saturated carbocycles. The number of fused-ring (bicyclic) bond motifs is 1. The molecule has 1 aliphatic carbocycles. The topological polar surface area (TPSA) is 87.6 Å². The lowest BCUT2D eigenvalue weighted by molar-refractivity contribution is -0.141. The maximum atomic E-state index is 11.0. The molecular formula is C23H26N2O4. The van der Waals surface area contributed by atoms with Gasteiger partial charge in [-0.15, -0.1) is 0 Å². The Hall–Kier alpha value is -2.70. The number of carbonyl (C=O) groups excluding carboxylic acids is 1. The number of hydrogen-bond acceptors (Lipinski definition) is 6. The van der Waals surface area contributed by atoms with Gasteiger partial charge in [-0.1, -0.05) is 24.3 Å². The van der Waals surface area contributed by atoms with Gasteiger partial charge in [0.2, 0.25) is 5.89 Å². The lowest BCUT2D eigenvalue weighted by atomic mass is 10.0. The summed E-state index contributed by atoms with van der Waals surface area (Å²) in [5.41, 5.74) is 9.89. The van der Waals surface area contributed by atoms with E-state index in [2.05, 4.69) is 4.98 Å². The van der Waals surface area contributed by atoms with Crippen LogP contribution < -0.4 is 5.73 Å². The predicted octanol–water partition coefficient (Wildman–Crippen LogP) is 4.07. The summed E-state index contributed by atoms with van der Waals surface area (Å²) in [7, 11) is 0. The standard InChI is InChI=1S/C23H26N2O4/c1-15(26)27-13-12-17-10-11-19(24)22(17)28-14-16-6-8-18(9-7-16)23-25-20-4-2-3-5-21(20)29-23/h2-9,17,19,22H,10-14,24H2,1H3/t17-,19+,22-/m0/s1. The van der Waals surface area contributed by atoms with Gasteiger partial charge in [-0.3, -0.25) is 4.79 Å². The molecule has 1 fully saturated rings. The van der Waals surface area contributed by atoms with Crippen LogP contribution in [0.4, 0.5) is 0 Å². The van der Waals surface area contributed by atoms with Crippen LogP contribution in [0.3, 0.4) is 0 Å². The number of nitrogens with two attached hydrogens (primary N) is 1. The Morgan fingerprint density at radius 1 is 1.17 bits per heavy atom. The van der Waals surface area contributed by atoms with E-state index in [4.69, 9.17) is 19.6 Å². The van der Waals surface area contributed by atoms with E-state index in [-0.39, 0.29) is 18.1 Å². The number of hydrogen-bond donors (Lipinski definition) is 1. The van der Waals surface area contributed by atoms with Crippen LogP contribution in [0.15, 0.2) is 52.9 Å². The lowest BCUT2D eigenvalue weighted by Gasteiger charge is -2.23. The number of aromatic nitrogens is 1. The Bertz CT molecular complexity index is 933. The highest BCUT2D eigenvalue weighted by Crippen LogP contribution is 2.31. The lowest BCUT2D eigenvalue weighted by Crippen LogP contribution is -2.35. The molecule has 0 bridgehead atoms.